The number of nitrogens with zero attached hydrogens (tertiary/aromatic N) is 2. The van der Waals surface area contributed by atoms with Crippen LogP contribution in [0.1, 0.15) is 30.8 Å². The number of aromatic nitrogens is 1. The van der Waals surface area contributed by atoms with Crippen molar-refractivity contribution < 1.29 is 9.53 Å². The Morgan fingerprint density at radius 2 is 2.00 bits per heavy atom. The summed E-state index contributed by atoms with van der Waals surface area (Å²) in [6.07, 6.45) is 1.80. The fourth-order valence-electron chi connectivity index (χ4n) is 3.29. The Morgan fingerprint density at radius 1 is 1.18 bits per heavy atom. The van der Waals surface area contributed by atoms with Gasteiger partial charge in [0.25, 0.3) is 5.91 Å². The Hall–Kier alpha value is -2.66. The summed E-state index contributed by atoms with van der Waals surface area (Å²) in [6, 6.07) is 16.4. The third-order valence-corrected chi connectivity index (χ3v) is 5.73. The standard InChI is InChI=1S/C23H24N2O2S/c1-16(2)10-11-25-20-13-18(8-9-21(20)27-14-23(25)26)19-15-28-22(24-19)12-17-6-4-3-5-7-17/h3-9,13,15-16H,10-12,14H2,1-2H3. The third-order valence-electron chi connectivity index (χ3n) is 4.88. The number of benzene rings is 2. The fraction of sp³-hybridized carbons (Fsp3) is 0.304. The van der Waals surface area contributed by atoms with Gasteiger partial charge in [-0.25, -0.2) is 4.98 Å². The molecule has 1 aliphatic rings. The van der Waals surface area contributed by atoms with Crippen LogP contribution in [0.2, 0.25) is 0 Å². The van der Waals surface area contributed by atoms with Crippen LogP contribution in [0, 0.1) is 5.92 Å². The lowest BCUT2D eigenvalue weighted by atomic mass is 10.1. The van der Waals surface area contributed by atoms with Gasteiger partial charge < -0.3 is 9.64 Å². The van der Waals surface area contributed by atoms with Gasteiger partial charge in [0, 0.05) is 23.9 Å². The molecular formula is C23H24N2O2S. The van der Waals surface area contributed by atoms with E-state index >= 15 is 0 Å². The first-order valence-corrected chi connectivity index (χ1v) is 10.5. The van der Waals surface area contributed by atoms with E-state index in [-0.39, 0.29) is 12.5 Å². The molecule has 144 valence electrons. The third kappa shape index (κ3) is 4.09. The molecule has 4 nitrogen and oxygen atoms in total. The lowest BCUT2D eigenvalue weighted by Gasteiger charge is -2.30. The van der Waals surface area contributed by atoms with Crippen molar-refractivity contribution in [3.63, 3.8) is 0 Å². The zero-order chi connectivity index (χ0) is 19.5. The van der Waals surface area contributed by atoms with Crippen LogP contribution in [0.3, 0.4) is 0 Å². The molecule has 0 bridgehead atoms. The molecule has 0 spiro atoms. The summed E-state index contributed by atoms with van der Waals surface area (Å²) in [4.78, 5) is 19.1. The van der Waals surface area contributed by atoms with E-state index < -0.39 is 0 Å². The molecule has 0 fully saturated rings. The number of hydrogen-bond acceptors (Lipinski definition) is 4. The van der Waals surface area contributed by atoms with Gasteiger partial charge in [-0.2, -0.15) is 0 Å². The Kier molecular flexibility index (Phi) is 5.44. The van der Waals surface area contributed by atoms with Crippen LogP contribution >= 0.6 is 11.3 Å². The van der Waals surface area contributed by atoms with Crippen molar-refractivity contribution in [2.24, 2.45) is 5.92 Å². The summed E-state index contributed by atoms with van der Waals surface area (Å²) < 4.78 is 5.64. The zero-order valence-corrected chi connectivity index (χ0v) is 17.0. The van der Waals surface area contributed by atoms with Gasteiger partial charge >= 0.3 is 0 Å². The van der Waals surface area contributed by atoms with Crippen molar-refractivity contribution in [2.75, 3.05) is 18.1 Å². The Bertz CT molecular complexity index is 966. The van der Waals surface area contributed by atoms with Crippen LogP contribution in [0.5, 0.6) is 5.75 Å². The Balaban J connectivity index is 1.59. The maximum absolute atomic E-state index is 12.4. The van der Waals surface area contributed by atoms with Crippen molar-refractivity contribution in [2.45, 2.75) is 26.7 Å². The summed E-state index contributed by atoms with van der Waals surface area (Å²) in [5.41, 5.74) is 4.07. The summed E-state index contributed by atoms with van der Waals surface area (Å²) in [5.74, 6) is 1.33. The molecule has 5 heteroatoms. The van der Waals surface area contributed by atoms with Gasteiger partial charge in [-0.05, 0) is 36.1 Å². The average Bonchev–Trinajstić information content (AvgIpc) is 3.16. The first-order valence-electron chi connectivity index (χ1n) is 9.66. The molecule has 0 radical (unpaired) electrons. The number of fused-ring (bicyclic) bond motifs is 1. The maximum Gasteiger partial charge on any atom is 0.265 e. The predicted octanol–water partition coefficient (Wildman–Crippen LogP) is 5.17. The van der Waals surface area contributed by atoms with Crippen molar-refractivity contribution in [3.8, 4) is 17.0 Å². The number of ether oxygens (including phenoxy) is 1. The number of thiazole rings is 1. The number of carbonyl (C=O) groups excluding carboxylic acids is 1. The molecular weight excluding hydrogens is 368 g/mol. The quantitative estimate of drug-likeness (QED) is 0.581. The Morgan fingerprint density at radius 3 is 2.79 bits per heavy atom. The molecule has 0 saturated carbocycles. The van der Waals surface area contributed by atoms with E-state index in [9.17, 15) is 4.79 Å². The monoisotopic (exact) mass is 392 g/mol. The van der Waals surface area contributed by atoms with Crippen LogP contribution in [-0.2, 0) is 11.2 Å². The first kappa shape index (κ1) is 18.7. The van der Waals surface area contributed by atoms with Crippen molar-refractivity contribution in [3.05, 3.63) is 64.5 Å². The maximum atomic E-state index is 12.4. The van der Waals surface area contributed by atoms with Gasteiger partial charge in [-0.3, -0.25) is 4.79 Å². The smallest absolute Gasteiger partial charge is 0.265 e. The minimum Gasteiger partial charge on any atom is -0.482 e. The van der Waals surface area contributed by atoms with Gasteiger partial charge in [-0.15, -0.1) is 11.3 Å². The number of anilines is 1. The second kappa shape index (κ2) is 8.15. The lowest BCUT2D eigenvalue weighted by molar-refractivity contribution is -0.121. The van der Waals surface area contributed by atoms with E-state index in [2.05, 4.69) is 43.5 Å². The Labute approximate surface area is 169 Å². The summed E-state index contributed by atoms with van der Waals surface area (Å²) >= 11 is 1.67. The van der Waals surface area contributed by atoms with E-state index in [1.165, 1.54) is 5.56 Å². The molecule has 4 rings (SSSR count). The predicted molar refractivity (Wildman–Crippen MR) is 114 cm³/mol. The van der Waals surface area contributed by atoms with E-state index in [0.29, 0.717) is 12.5 Å². The van der Waals surface area contributed by atoms with E-state index in [4.69, 9.17) is 9.72 Å². The molecule has 2 heterocycles. The van der Waals surface area contributed by atoms with Gasteiger partial charge in [0.2, 0.25) is 0 Å². The topological polar surface area (TPSA) is 42.4 Å². The zero-order valence-electron chi connectivity index (χ0n) is 16.2. The minimum absolute atomic E-state index is 0.0216. The highest BCUT2D eigenvalue weighted by molar-refractivity contribution is 7.10. The summed E-state index contributed by atoms with van der Waals surface area (Å²) in [5, 5.41) is 3.17. The molecule has 1 aromatic heterocycles. The highest BCUT2D eigenvalue weighted by atomic mass is 32.1. The molecule has 0 atom stereocenters. The molecule has 2 aromatic carbocycles. The highest BCUT2D eigenvalue weighted by Gasteiger charge is 2.26. The van der Waals surface area contributed by atoms with Crippen LogP contribution in [0.4, 0.5) is 5.69 Å². The highest BCUT2D eigenvalue weighted by Crippen LogP contribution is 2.36. The number of amides is 1. The summed E-state index contributed by atoms with van der Waals surface area (Å²) in [6.45, 7) is 5.17. The van der Waals surface area contributed by atoms with E-state index in [1.807, 2.05) is 29.2 Å². The van der Waals surface area contributed by atoms with E-state index in [0.717, 1.165) is 40.5 Å². The molecule has 1 aliphatic heterocycles. The number of rotatable bonds is 6. The van der Waals surface area contributed by atoms with Crippen molar-refractivity contribution in [1.82, 2.24) is 4.98 Å². The fourth-order valence-corrected chi connectivity index (χ4v) is 4.13. The largest absolute Gasteiger partial charge is 0.482 e. The molecule has 0 saturated heterocycles. The molecule has 28 heavy (non-hydrogen) atoms. The number of carbonyl (C=O) groups is 1. The van der Waals surface area contributed by atoms with Crippen LogP contribution in [0.15, 0.2) is 53.9 Å². The molecule has 0 aliphatic carbocycles. The van der Waals surface area contributed by atoms with Crippen molar-refractivity contribution in [1.29, 1.82) is 0 Å². The second-order valence-electron chi connectivity index (χ2n) is 7.49. The second-order valence-corrected chi connectivity index (χ2v) is 8.43. The van der Waals surface area contributed by atoms with Gasteiger partial charge in [0.1, 0.15) is 5.75 Å². The molecule has 0 unspecified atom stereocenters. The normalized spacial score (nSPS) is 13.5. The van der Waals surface area contributed by atoms with Gasteiger partial charge in [-0.1, -0.05) is 44.2 Å². The van der Waals surface area contributed by atoms with Gasteiger partial charge in [0.15, 0.2) is 6.61 Å². The SMILES string of the molecule is CC(C)CCN1C(=O)COc2ccc(-c3csc(Cc4ccccc4)n3)cc21. The minimum atomic E-state index is 0.0216. The van der Waals surface area contributed by atoms with Crippen LogP contribution < -0.4 is 9.64 Å². The van der Waals surface area contributed by atoms with Gasteiger partial charge in [0.05, 0.1) is 16.4 Å². The van der Waals surface area contributed by atoms with Crippen molar-refractivity contribution >= 4 is 22.9 Å². The first-order chi connectivity index (χ1) is 13.6. The molecule has 3 aromatic rings. The average molecular weight is 393 g/mol. The lowest BCUT2D eigenvalue weighted by Crippen LogP contribution is -2.39. The summed E-state index contributed by atoms with van der Waals surface area (Å²) in [7, 11) is 0. The molecule has 0 N–H and O–H groups in total. The van der Waals surface area contributed by atoms with Crippen LogP contribution in [-0.4, -0.2) is 24.0 Å². The van der Waals surface area contributed by atoms with Crippen LogP contribution in [0.25, 0.3) is 11.3 Å². The van der Waals surface area contributed by atoms with E-state index in [1.54, 1.807) is 11.3 Å². The number of hydrogen-bond donors (Lipinski definition) is 0. The molecule has 1 amide bonds.